The van der Waals surface area contributed by atoms with Crippen LogP contribution in [0.15, 0.2) is 34.8 Å². The zero-order valence-corrected chi connectivity index (χ0v) is 10.9. The second-order valence-corrected chi connectivity index (χ2v) is 5.01. The summed E-state index contributed by atoms with van der Waals surface area (Å²) in [4.78, 5) is 2.01. The topological polar surface area (TPSA) is 3.24 Å². The van der Waals surface area contributed by atoms with Gasteiger partial charge in [0.15, 0.2) is 0 Å². The third-order valence-electron chi connectivity index (χ3n) is 3.04. The second kappa shape index (κ2) is 5.00. The summed E-state index contributed by atoms with van der Waals surface area (Å²) in [6.07, 6.45) is 5.54. The van der Waals surface area contributed by atoms with Crippen LogP contribution in [0.25, 0.3) is 0 Å². The number of halogens is 2. The summed E-state index contributed by atoms with van der Waals surface area (Å²) in [5, 5.41) is 0. The SMILES string of the molecule is CN(c1ccccc1F)C1CCCC=C1Br. The molecule has 0 amide bonds. The van der Waals surface area contributed by atoms with E-state index in [2.05, 4.69) is 22.0 Å². The van der Waals surface area contributed by atoms with Crippen LogP contribution in [-0.2, 0) is 0 Å². The quantitative estimate of drug-likeness (QED) is 0.790. The molecule has 0 spiro atoms. The molecule has 2 rings (SSSR count). The fraction of sp³-hybridized carbons (Fsp3) is 0.385. The first kappa shape index (κ1) is 11.6. The Kier molecular flexibility index (Phi) is 3.64. The van der Waals surface area contributed by atoms with Crippen molar-refractivity contribution in [1.82, 2.24) is 0 Å². The van der Waals surface area contributed by atoms with Crippen LogP contribution in [0.5, 0.6) is 0 Å². The van der Waals surface area contributed by atoms with Gasteiger partial charge in [0.05, 0.1) is 11.7 Å². The van der Waals surface area contributed by atoms with E-state index in [1.165, 1.54) is 17.0 Å². The van der Waals surface area contributed by atoms with E-state index in [1.807, 2.05) is 24.1 Å². The third-order valence-corrected chi connectivity index (χ3v) is 3.89. The Hall–Kier alpha value is -0.830. The molecule has 0 radical (unpaired) electrons. The lowest BCUT2D eigenvalue weighted by Gasteiger charge is -2.32. The number of likely N-dealkylation sites (N-methyl/N-ethyl adjacent to an activating group) is 1. The van der Waals surface area contributed by atoms with E-state index in [1.54, 1.807) is 6.07 Å². The van der Waals surface area contributed by atoms with E-state index in [4.69, 9.17) is 0 Å². The normalized spacial score (nSPS) is 20.4. The Morgan fingerprint density at radius 1 is 1.38 bits per heavy atom. The lowest BCUT2D eigenvalue weighted by molar-refractivity contribution is 0.583. The van der Waals surface area contributed by atoms with Gasteiger partial charge in [-0.25, -0.2) is 4.39 Å². The van der Waals surface area contributed by atoms with Gasteiger partial charge < -0.3 is 4.90 Å². The average Bonchev–Trinajstić information content (AvgIpc) is 2.29. The summed E-state index contributed by atoms with van der Waals surface area (Å²) in [6.45, 7) is 0. The predicted octanol–water partition coefficient (Wildman–Crippen LogP) is 4.09. The Balaban J connectivity index is 2.25. The van der Waals surface area contributed by atoms with Crippen LogP contribution in [0.2, 0.25) is 0 Å². The Morgan fingerprint density at radius 2 is 2.12 bits per heavy atom. The minimum atomic E-state index is -0.157. The Labute approximate surface area is 104 Å². The smallest absolute Gasteiger partial charge is 0.146 e. The van der Waals surface area contributed by atoms with Crippen LogP contribution in [0.1, 0.15) is 19.3 Å². The molecule has 0 fully saturated rings. The molecule has 0 N–H and O–H groups in total. The molecule has 0 saturated heterocycles. The van der Waals surface area contributed by atoms with Crippen molar-refractivity contribution in [3.8, 4) is 0 Å². The first-order chi connectivity index (χ1) is 7.70. The molecule has 1 aromatic carbocycles. The molecular weight excluding hydrogens is 269 g/mol. The van der Waals surface area contributed by atoms with Crippen LogP contribution in [-0.4, -0.2) is 13.1 Å². The first-order valence-corrected chi connectivity index (χ1v) is 6.32. The van der Waals surface area contributed by atoms with Crippen molar-refractivity contribution in [1.29, 1.82) is 0 Å². The number of hydrogen-bond donors (Lipinski definition) is 0. The summed E-state index contributed by atoms with van der Waals surface area (Å²) < 4.78 is 14.8. The van der Waals surface area contributed by atoms with Gasteiger partial charge in [0.1, 0.15) is 5.82 Å². The maximum atomic E-state index is 13.6. The van der Waals surface area contributed by atoms with Crippen molar-refractivity contribution in [3.05, 3.63) is 40.6 Å². The zero-order chi connectivity index (χ0) is 11.5. The number of hydrogen-bond acceptors (Lipinski definition) is 1. The molecule has 1 aliphatic rings. The fourth-order valence-corrected chi connectivity index (χ4v) is 2.87. The van der Waals surface area contributed by atoms with Crippen molar-refractivity contribution < 1.29 is 4.39 Å². The highest BCUT2D eigenvalue weighted by atomic mass is 79.9. The van der Waals surface area contributed by atoms with Gasteiger partial charge in [0.2, 0.25) is 0 Å². The van der Waals surface area contributed by atoms with Gasteiger partial charge in [-0.2, -0.15) is 0 Å². The van der Waals surface area contributed by atoms with Gasteiger partial charge >= 0.3 is 0 Å². The molecule has 1 nitrogen and oxygen atoms in total. The van der Waals surface area contributed by atoms with E-state index >= 15 is 0 Å². The average molecular weight is 284 g/mol. The Morgan fingerprint density at radius 3 is 2.81 bits per heavy atom. The number of para-hydroxylation sites is 1. The summed E-state index contributed by atoms with van der Waals surface area (Å²) in [5.41, 5.74) is 0.666. The van der Waals surface area contributed by atoms with Gasteiger partial charge in [0, 0.05) is 11.5 Å². The van der Waals surface area contributed by atoms with Crippen molar-refractivity contribution >= 4 is 21.6 Å². The highest BCUT2D eigenvalue weighted by Gasteiger charge is 2.22. The van der Waals surface area contributed by atoms with Gasteiger partial charge in [0.25, 0.3) is 0 Å². The van der Waals surface area contributed by atoms with E-state index < -0.39 is 0 Å². The summed E-state index contributed by atoms with van der Waals surface area (Å²) in [5.74, 6) is -0.157. The first-order valence-electron chi connectivity index (χ1n) is 5.53. The molecule has 0 aromatic heterocycles. The minimum Gasteiger partial charge on any atom is -0.365 e. The third kappa shape index (κ3) is 2.29. The molecule has 0 saturated carbocycles. The molecule has 1 atom stereocenters. The molecule has 86 valence electrons. The Bertz CT molecular complexity index is 403. The molecule has 16 heavy (non-hydrogen) atoms. The molecule has 1 aromatic rings. The second-order valence-electron chi connectivity index (χ2n) is 4.10. The number of benzene rings is 1. The van der Waals surface area contributed by atoms with Gasteiger partial charge in [-0.05, 0) is 31.4 Å². The molecule has 3 heteroatoms. The maximum absolute atomic E-state index is 13.6. The van der Waals surface area contributed by atoms with E-state index in [-0.39, 0.29) is 11.9 Å². The molecule has 1 unspecified atom stereocenters. The fourth-order valence-electron chi connectivity index (χ4n) is 2.11. The molecule has 0 aliphatic heterocycles. The minimum absolute atomic E-state index is 0.157. The van der Waals surface area contributed by atoms with Crippen molar-refractivity contribution in [2.24, 2.45) is 0 Å². The summed E-state index contributed by atoms with van der Waals surface area (Å²) >= 11 is 3.57. The van der Waals surface area contributed by atoms with E-state index in [0.717, 1.165) is 12.8 Å². The lowest BCUT2D eigenvalue weighted by Crippen LogP contribution is -2.33. The van der Waals surface area contributed by atoms with Gasteiger partial charge in [-0.15, -0.1) is 0 Å². The summed E-state index contributed by atoms with van der Waals surface area (Å²) in [7, 11) is 1.95. The van der Waals surface area contributed by atoms with Gasteiger partial charge in [-0.1, -0.05) is 34.1 Å². The van der Waals surface area contributed by atoms with Crippen molar-refractivity contribution in [2.75, 3.05) is 11.9 Å². The van der Waals surface area contributed by atoms with Crippen molar-refractivity contribution in [2.45, 2.75) is 25.3 Å². The van der Waals surface area contributed by atoms with Gasteiger partial charge in [-0.3, -0.25) is 0 Å². The number of nitrogens with zero attached hydrogens (tertiary/aromatic N) is 1. The van der Waals surface area contributed by atoms with Crippen LogP contribution < -0.4 is 4.90 Å². The highest BCUT2D eigenvalue weighted by molar-refractivity contribution is 9.11. The number of anilines is 1. The number of rotatable bonds is 2. The van der Waals surface area contributed by atoms with E-state index in [0.29, 0.717) is 5.69 Å². The molecular formula is C13H15BrFN. The molecule has 1 aliphatic carbocycles. The highest BCUT2D eigenvalue weighted by Crippen LogP contribution is 2.31. The monoisotopic (exact) mass is 283 g/mol. The van der Waals surface area contributed by atoms with Crippen LogP contribution >= 0.6 is 15.9 Å². The van der Waals surface area contributed by atoms with E-state index in [9.17, 15) is 4.39 Å². The maximum Gasteiger partial charge on any atom is 0.146 e. The largest absolute Gasteiger partial charge is 0.365 e. The predicted molar refractivity (Wildman–Crippen MR) is 69.5 cm³/mol. The molecule has 0 heterocycles. The molecule has 0 bridgehead atoms. The lowest BCUT2D eigenvalue weighted by atomic mass is 10.0. The van der Waals surface area contributed by atoms with Crippen LogP contribution in [0.3, 0.4) is 0 Å². The standard InChI is InChI=1S/C13H15BrFN/c1-16(12-8-4-2-6-10(12)14)13-9-5-3-7-11(13)15/h3,5-7,9,12H,2,4,8H2,1H3. The zero-order valence-electron chi connectivity index (χ0n) is 9.29. The van der Waals surface area contributed by atoms with Crippen LogP contribution in [0, 0.1) is 5.82 Å². The summed E-state index contributed by atoms with van der Waals surface area (Å²) in [6, 6.07) is 7.19. The van der Waals surface area contributed by atoms with Crippen molar-refractivity contribution in [3.63, 3.8) is 0 Å². The number of allylic oxidation sites excluding steroid dienone is 1. The van der Waals surface area contributed by atoms with Crippen LogP contribution in [0.4, 0.5) is 10.1 Å².